The molecule has 5 aliphatic carbocycles. The molecule has 0 aliphatic heterocycles. The Hall–Kier alpha value is -0.576. The summed E-state index contributed by atoms with van der Waals surface area (Å²) in [6.07, 6.45) is 20.1. The van der Waals surface area contributed by atoms with Gasteiger partial charge in [-0.05, 0) is 0 Å². The standard InChI is InChI=1S/C13H17.2C7H12O2.ClH.Ti/c1-3-7-12-10(5-1)9-11-6-2-4-8-13(11)12;2*8-7(9)6-4-2-1-3-5-6;;/h5H,1-4,6-9H2;2*6H,1-5H2,(H,8,9);1H;/q;;;;+3/p-3. The van der Waals surface area contributed by atoms with E-state index in [0.29, 0.717) is 0 Å². The molecule has 0 bridgehead atoms. The molecular formula is C27H39ClO4Ti. The van der Waals surface area contributed by atoms with Gasteiger partial charge in [-0.15, -0.1) is 0 Å². The zero-order chi connectivity index (χ0) is 21.9. The maximum absolute atomic E-state index is 13.2. The van der Waals surface area contributed by atoms with E-state index in [1.165, 1.54) is 50.5 Å². The van der Waals surface area contributed by atoms with Crippen molar-refractivity contribution < 1.29 is 47.3 Å². The molecule has 5 aliphatic rings. The fraction of sp³-hybridized carbons (Fsp3) is 0.778. The molecule has 0 aromatic heterocycles. The molecule has 0 radical (unpaired) electrons. The van der Waals surface area contributed by atoms with E-state index in [1.807, 2.05) is 0 Å². The Bertz CT molecular complexity index is 760. The normalized spacial score (nSPS) is 26.2. The van der Waals surface area contributed by atoms with Crippen molar-refractivity contribution in [2.24, 2.45) is 11.8 Å². The van der Waals surface area contributed by atoms with Crippen molar-refractivity contribution in [3.8, 4) is 0 Å². The van der Waals surface area contributed by atoms with E-state index in [9.17, 15) is 9.59 Å². The van der Waals surface area contributed by atoms with Gasteiger partial charge in [0.15, 0.2) is 0 Å². The van der Waals surface area contributed by atoms with Crippen LogP contribution in [0.15, 0.2) is 22.3 Å². The number of allylic oxidation sites excluding steroid dienone is 4. The van der Waals surface area contributed by atoms with Gasteiger partial charge < -0.3 is 12.4 Å². The molecule has 2 saturated carbocycles. The van der Waals surface area contributed by atoms with Gasteiger partial charge in [-0.25, -0.2) is 0 Å². The van der Waals surface area contributed by atoms with Gasteiger partial charge in [0.2, 0.25) is 0 Å². The van der Waals surface area contributed by atoms with Crippen LogP contribution in [-0.2, 0) is 34.9 Å². The maximum atomic E-state index is 13.2. The van der Waals surface area contributed by atoms with Gasteiger partial charge in [0.05, 0.1) is 0 Å². The monoisotopic (exact) mass is 510 g/mol. The van der Waals surface area contributed by atoms with Crippen LogP contribution < -0.4 is 12.4 Å². The summed E-state index contributed by atoms with van der Waals surface area (Å²) in [6, 6.07) is 0. The Morgan fingerprint density at radius 2 is 1.18 bits per heavy atom. The van der Waals surface area contributed by atoms with E-state index >= 15 is 0 Å². The van der Waals surface area contributed by atoms with E-state index in [1.54, 1.807) is 16.7 Å². The third kappa shape index (κ3) is 5.81. The molecule has 0 N–H and O–H groups in total. The first-order valence-electron chi connectivity index (χ1n) is 13.4. The minimum Gasteiger partial charge on any atom is -1.00 e. The van der Waals surface area contributed by atoms with Crippen LogP contribution >= 0.6 is 0 Å². The van der Waals surface area contributed by atoms with Crippen molar-refractivity contribution >= 4 is 11.9 Å². The second kappa shape index (κ2) is 11.9. The van der Waals surface area contributed by atoms with E-state index in [4.69, 9.17) is 6.64 Å². The average Bonchev–Trinajstić information content (AvgIpc) is 3.23. The van der Waals surface area contributed by atoms with Gasteiger partial charge in [-0.1, -0.05) is 0 Å². The summed E-state index contributed by atoms with van der Waals surface area (Å²) in [6.45, 7) is 0. The summed E-state index contributed by atoms with van der Waals surface area (Å²) in [4.78, 5) is 26.3. The number of carbonyl (C=O) groups excluding carboxylic acids is 2. The van der Waals surface area contributed by atoms with Gasteiger partial charge in [0.1, 0.15) is 0 Å². The fourth-order valence-electron chi connectivity index (χ4n) is 6.82. The van der Waals surface area contributed by atoms with Crippen LogP contribution in [0, 0.1) is 11.8 Å². The van der Waals surface area contributed by atoms with Crippen molar-refractivity contribution in [3.63, 3.8) is 0 Å². The van der Waals surface area contributed by atoms with E-state index in [-0.39, 0.29) is 40.4 Å². The average molecular weight is 511 g/mol. The summed E-state index contributed by atoms with van der Waals surface area (Å²) in [5, 5.41) is 0. The Labute approximate surface area is 212 Å². The van der Waals surface area contributed by atoms with Crippen LogP contribution in [0.1, 0.15) is 116 Å². The van der Waals surface area contributed by atoms with Gasteiger partial charge >= 0.3 is 201 Å². The second-order valence-corrected chi connectivity index (χ2v) is 13.5. The topological polar surface area (TPSA) is 52.6 Å². The Morgan fingerprint density at radius 3 is 1.79 bits per heavy atom. The van der Waals surface area contributed by atoms with Gasteiger partial charge in [-0.3, -0.25) is 0 Å². The van der Waals surface area contributed by atoms with E-state index < -0.39 is 18.6 Å². The number of hydrogen-bond donors (Lipinski definition) is 0. The van der Waals surface area contributed by atoms with E-state index in [2.05, 4.69) is 0 Å². The van der Waals surface area contributed by atoms with Crippen LogP contribution in [-0.4, -0.2) is 11.9 Å². The number of fused-ring (bicyclic) bond motifs is 1. The Morgan fingerprint density at radius 1 is 0.636 bits per heavy atom. The minimum atomic E-state index is -2.84. The first-order chi connectivity index (χ1) is 15.7. The second-order valence-electron chi connectivity index (χ2n) is 10.7. The molecule has 4 nitrogen and oxygen atoms in total. The number of hydrogen-bond acceptors (Lipinski definition) is 4. The van der Waals surface area contributed by atoms with Crippen LogP contribution in [0.2, 0.25) is 4.22 Å². The molecule has 0 spiro atoms. The van der Waals surface area contributed by atoms with Gasteiger partial charge in [0, 0.05) is 0 Å². The fourth-order valence-corrected chi connectivity index (χ4v) is 10.0. The summed E-state index contributed by atoms with van der Waals surface area (Å²) in [5.41, 5.74) is 6.35. The maximum Gasteiger partial charge on any atom is -1.00 e. The molecule has 1 atom stereocenters. The van der Waals surface area contributed by atoms with Gasteiger partial charge in [-0.2, -0.15) is 0 Å². The third-order valence-electron chi connectivity index (χ3n) is 8.64. The predicted molar refractivity (Wildman–Crippen MR) is 120 cm³/mol. The smallest absolute Gasteiger partial charge is 1.00 e. The van der Waals surface area contributed by atoms with Crippen LogP contribution in [0.25, 0.3) is 0 Å². The van der Waals surface area contributed by atoms with Crippen molar-refractivity contribution in [2.75, 3.05) is 0 Å². The molecular weight excluding hydrogens is 472 g/mol. The molecule has 0 aromatic carbocycles. The van der Waals surface area contributed by atoms with E-state index in [0.717, 1.165) is 70.6 Å². The summed E-state index contributed by atoms with van der Waals surface area (Å²) in [5.74, 6) is -0.0719. The van der Waals surface area contributed by atoms with Crippen LogP contribution in [0.4, 0.5) is 0 Å². The largest absolute Gasteiger partial charge is 1.00 e. The number of halogens is 1. The molecule has 0 amide bonds. The van der Waals surface area contributed by atoms with Crippen molar-refractivity contribution in [2.45, 2.75) is 120 Å². The SMILES string of the molecule is O=C([O][Ti+]([O]C(=O)C1CCCCC1)[CH]1CCCC2=C1CC1=C2CCCC1)C1CCCCC1.[Cl-]. The Kier molecular flexibility index (Phi) is 9.21. The molecule has 33 heavy (non-hydrogen) atoms. The quantitative estimate of drug-likeness (QED) is 0.520. The molecule has 0 aromatic rings. The molecule has 2 fully saturated rings. The molecule has 1 unspecified atom stereocenters. The first-order valence-corrected chi connectivity index (χ1v) is 15.6. The summed E-state index contributed by atoms with van der Waals surface area (Å²) in [7, 11) is 0. The minimum absolute atomic E-state index is 0. The summed E-state index contributed by atoms with van der Waals surface area (Å²) < 4.78 is 12.8. The van der Waals surface area contributed by atoms with Gasteiger partial charge in [0.25, 0.3) is 0 Å². The van der Waals surface area contributed by atoms with Crippen molar-refractivity contribution in [1.29, 1.82) is 0 Å². The molecule has 6 heteroatoms. The molecule has 0 heterocycles. The number of carbonyl (C=O) groups is 2. The van der Waals surface area contributed by atoms with Crippen molar-refractivity contribution in [3.05, 3.63) is 22.3 Å². The predicted octanol–water partition coefficient (Wildman–Crippen LogP) is 4.23. The number of rotatable bonds is 5. The summed E-state index contributed by atoms with van der Waals surface area (Å²) >= 11 is -2.84. The van der Waals surface area contributed by atoms with Crippen LogP contribution in [0.5, 0.6) is 0 Å². The molecule has 0 saturated heterocycles. The molecule has 5 rings (SSSR count). The first kappa shape index (κ1) is 25.5. The zero-order valence-electron chi connectivity index (χ0n) is 20.0. The zero-order valence-corrected chi connectivity index (χ0v) is 22.3. The van der Waals surface area contributed by atoms with Crippen LogP contribution in [0.3, 0.4) is 0 Å². The third-order valence-corrected chi connectivity index (χ3v) is 11.8. The van der Waals surface area contributed by atoms with Crippen molar-refractivity contribution in [1.82, 2.24) is 0 Å². The Balaban J connectivity index is 0.00000259. The molecule has 182 valence electrons.